The van der Waals surface area contributed by atoms with Crippen LogP contribution in [0.4, 0.5) is 5.82 Å². The number of aromatic nitrogens is 2. The summed E-state index contributed by atoms with van der Waals surface area (Å²) < 4.78 is 0. The topological polar surface area (TPSA) is 75.6 Å². The highest BCUT2D eigenvalue weighted by Gasteiger charge is 2.13. The average Bonchev–Trinajstić information content (AvgIpc) is 3.01. The maximum absolute atomic E-state index is 9.30. The van der Waals surface area contributed by atoms with Gasteiger partial charge >= 0.3 is 0 Å². The van der Waals surface area contributed by atoms with Gasteiger partial charge in [0.15, 0.2) is 0 Å². The van der Waals surface area contributed by atoms with E-state index in [4.69, 9.17) is 5.73 Å². The second-order valence-corrected chi connectivity index (χ2v) is 5.09. The molecule has 0 aliphatic rings. The molecule has 0 aliphatic carbocycles. The van der Waals surface area contributed by atoms with Crippen molar-refractivity contribution in [2.24, 2.45) is 0 Å². The van der Waals surface area contributed by atoms with Gasteiger partial charge in [-0.3, -0.25) is 4.98 Å². The minimum absolute atomic E-state index is 0.255. The lowest BCUT2D eigenvalue weighted by atomic mass is 10.0. The van der Waals surface area contributed by atoms with Crippen molar-refractivity contribution in [1.29, 1.82) is 5.26 Å². The number of nitrogen functional groups attached to an aromatic ring is 1. The van der Waals surface area contributed by atoms with Gasteiger partial charge in [0.05, 0.1) is 10.6 Å². The fourth-order valence-corrected chi connectivity index (χ4v) is 2.68. The third kappa shape index (κ3) is 2.13. The third-order valence-corrected chi connectivity index (χ3v) is 3.82. The fourth-order valence-electron chi connectivity index (χ4n) is 1.99. The molecule has 0 spiro atoms. The maximum atomic E-state index is 9.30. The van der Waals surface area contributed by atoms with Crippen LogP contribution in [0.25, 0.3) is 21.7 Å². The summed E-state index contributed by atoms with van der Waals surface area (Å²) in [7, 11) is 0. The van der Waals surface area contributed by atoms with Crippen LogP contribution in [0.1, 0.15) is 5.56 Å². The van der Waals surface area contributed by atoms with Crippen molar-refractivity contribution in [3.63, 3.8) is 0 Å². The molecule has 0 amide bonds. The van der Waals surface area contributed by atoms with Crippen LogP contribution in [0.15, 0.2) is 48.1 Å². The van der Waals surface area contributed by atoms with Gasteiger partial charge in [-0.25, -0.2) is 4.98 Å². The van der Waals surface area contributed by atoms with Crippen LogP contribution in [0.5, 0.6) is 0 Å². The van der Waals surface area contributed by atoms with Crippen LogP contribution in [-0.4, -0.2) is 9.97 Å². The highest BCUT2D eigenvalue weighted by atomic mass is 32.1. The quantitative estimate of drug-likeness (QED) is 0.780. The molecule has 3 aromatic rings. The Morgan fingerprint density at radius 1 is 1.20 bits per heavy atom. The summed E-state index contributed by atoms with van der Waals surface area (Å²) in [6, 6.07) is 11.7. The van der Waals surface area contributed by atoms with E-state index in [1.54, 1.807) is 23.7 Å². The number of nitrogens with zero attached hydrogens (tertiary/aromatic N) is 3. The lowest BCUT2D eigenvalue weighted by molar-refractivity contribution is 1.30. The summed E-state index contributed by atoms with van der Waals surface area (Å²) in [4.78, 5) is 9.34. The van der Waals surface area contributed by atoms with Gasteiger partial charge in [0.2, 0.25) is 0 Å². The van der Waals surface area contributed by atoms with Crippen LogP contribution < -0.4 is 5.73 Å². The number of hydrogen-bond acceptors (Lipinski definition) is 5. The molecule has 3 rings (SSSR count). The standard InChI is InChI=1S/C15H10N4S/c16-9-12-11(10-3-5-18-6-4-10)8-13(19-15(12)17)14-2-1-7-20-14/h1-8H,(H2,17,19). The summed E-state index contributed by atoms with van der Waals surface area (Å²) in [6.45, 7) is 0. The highest BCUT2D eigenvalue weighted by molar-refractivity contribution is 7.13. The van der Waals surface area contributed by atoms with Crippen LogP contribution in [0.2, 0.25) is 0 Å². The molecule has 3 heterocycles. The van der Waals surface area contributed by atoms with E-state index in [9.17, 15) is 5.26 Å². The minimum atomic E-state index is 0.255. The minimum Gasteiger partial charge on any atom is -0.383 e. The molecule has 0 bridgehead atoms. The van der Waals surface area contributed by atoms with Gasteiger partial charge in [-0.2, -0.15) is 5.26 Å². The van der Waals surface area contributed by atoms with Gasteiger partial charge in [0.25, 0.3) is 0 Å². The van der Waals surface area contributed by atoms with Crippen LogP contribution in [0.3, 0.4) is 0 Å². The Kier molecular flexibility index (Phi) is 3.15. The summed E-state index contributed by atoms with van der Waals surface area (Å²) in [6.07, 6.45) is 3.38. The number of hydrogen-bond donors (Lipinski definition) is 1. The van der Waals surface area contributed by atoms with Gasteiger partial charge in [0, 0.05) is 18.0 Å². The van der Waals surface area contributed by atoms with E-state index >= 15 is 0 Å². The normalized spacial score (nSPS) is 10.2. The van der Waals surface area contributed by atoms with Crippen molar-refractivity contribution < 1.29 is 0 Å². The van der Waals surface area contributed by atoms with Crippen molar-refractivity contribution >= 4 is 17.2 Å². The molecular weight excluding hydrogens is 268 g/mol. The zero-order valence-corrected chi connectivity index (χ0v) is 11.3. The molecule has 0 saturated heterocycles. The van der Waals surface area contributed by atoms with Gasteiger partial charge in [-0.1, -0.05) is 6.07 Å². The summed E-state index contributed by atoms with van der Waals surface area (Å²) in [5, 5.41) is 11.3. The molecule has 0 saturated carbocycles. The van der Waals surface area contributed by atoms with E-state index < -0.39 is 0 Å². The predicted molar refractivity (Wildman–Crippen MR) is 79.9 cm³/mol. The van der Waals surface area contributed by atoms with Gasteiger partial charge in [0.1, 0.15) is 17.5 Å². The predicted octanol–water partition coefficient (Wildman–Crippen LogP) is 3.33. The highest BCUT2D eigenvalue weighted by Crippen LogP contribution is 2.32. The first-order valence-corrected chi connectivity index (χ1v) is 6.82. The first-order chi connectivity index (χ1) is 9.79. The molecule has 2 N–H and O–H groups in total. The van der Waals surface area contributed by atoms with Crippen molar-refractivity contribution in [2.45, 2.75) is 0 Å². The van der Waals surface area contributed by atoms with Crippen molar-refractivity contribution in [3.05, 3.63) is 53.7 Å². The molecule has 4 nitrogen and oxygen atoms in total. The van der Waals surface area contributed by atoms with Gasteiger partial charge in [-0.05, 0) is 35.2 Å². The van der Waals surface area contributed by atoms with Gasteiger partial charge in [-0.15, -0.1) is 11.3 Å². The number of nitriles is 1. The van der Waals surface area contributed by atoms with Crippen LogP contribution >= 0.6 is 11.3 Å². The Labute approximate surface area is 120 Å². The molecule has 3 aromatic heterocycles. The largest absolute Gasteiger partial charge is 0.383 e. The molecule has 0 unspecified atom stereocenters. The lowest BCUT2D eigenvalue weighted by Crippen LogP contribution is -1.99. The Hall–Kier alpha value is -2.71. The summed E-state index contributed by atoms with van der Waals surface area (Å²) >= 11 is 1.59. The van der Waals surface area contributed by atoms with E-state index in [0.717, 1.165) is 21.7 Å². The summed E-state index contributed by atoms with van der Waals surface area (Å²) in [5.41, 5.74) is 8.80. The number of pyridine rings is 2. The number of nitrogens with two attached hydrogens (primary N) is 1. The van der Waals surface area contributed by atoms with E-state index in [1.807, 2.05) is 35.7 Å². The Bertz CT molecular complexity index is 774. The van der Waals surface area contributed by atoms with E-state index in [0.29, 0.717) is 5.56 Å². The molecule has 0 aromatic carbocycles. The number of rotatable bonds is 2. The third-order valence-electron chi connectivity index (χ3n) is 2.92. The lowest BCUT2D eigenvalue weighted by Gasteiger charge is -2.08. The monoisotopic (exact) mass is 278 g/mol. The molecule has 0 aliphatic heterocycles. The fraction of sp³-hybridized carbons (Fsp3) is 0. The van der Waals surface area contributed by atoms with E-state index in [2.05, 4.69) is 16.0 Å². The van der Waals surface area contributed by atoms with Crippen LogP contribution in [-0.2, 0) is 0 Å². The van der Waals surface area contributed by atoms with Crippen molar-refractivity contribution in [3.8, 4) is 27.8 Å². The molecule has 0 atom stereocenters. The van der Waals surface area contributed by atoms with Crippen LogP contribution in [0, 0.1) is 11.3 Å². The maximum Gasteiger partial charge on any atom is 0.142 e. The second-order valence-electron chi connectivity index (χ2n) is 4.14. The first kappa shape index (κ1) is 12.3. The van der Waals surface area contributed by atoms with Crippen molar-refractivity contribution in [2.75, 3.05) is 5.73 Å². The SMILES string of the molecule is N#Cc1c(-c2ccncc2)cc(-c2cccs2)nc1N. The van der Waals surface area contributed by atoms with E-state index in [-0.39, 0.29) is 5.82 Å². The smallest absolute Gasteiger partial charge is 0.142 e. The molecule has 20 heavy (non-hydrogen) atoms. The molecule has 0 fully saturated rings. The molecule has 96 valence electrons. The zero-order chi connectivity index (χ0) is 13.9. The molecule has 5 heteroatoms. The summed E-state index contributed by atoms with van der Waals surface area (Å²) in [5.74, 6) is 0.255. The van der Waals surface area contributed by atoms with Gasteiger partial charge < -0.3 is 5.73 Å². The Morgan fingerprint density at radius 3 is 2.65 bits per heavy atom. The first-order valence-electron chi connectivity index (χ1n) is 5.94. The zero-order valence-electron chi connectivity index (χ0n) is 10.4. The number of anilines is 1. The average molecular weight is 278 g/mol. The second kappa shape index (κ2) is 5.11. The molecular formula is C15H10N4S. The number of thiophene rings is 1. The molecule has 0 radical (unpaired) electrons. The Morgan fingerprint density at radius 2 is 2.00 bits per heavy atom. The Balaban J connectivity index is 2.25. The van der Waals surface area contributed by atoms with Crippen molar-refractivity contribution in [1.82, 2.24) is 9.97 Å². The van der Waals surface area contributed by atoms with E-state index in [1.165, 1.54) is 0 Å².